The van der Waals surface area contributed by atoms with E-state index in [4.69, 9.17) is 23.2 Å². The summed E-state index contributed by atoms with van der Waals surface area (Å²) in [6.07, 6.45) is 0. The molecule has 0 fully saturated rings. The lowest BCUT2D eigenvalue weighted by atomic mass is 10.0. The van der Waals surface area contributed by atoms with Gasteiger partial charge in [-0.2, -0.15) is 0 Å². The Morgan fingerprint density at radius 1 is 1.06 bits per heavy atom. The highest BCUT2D eigenvalue weighted by Crippen LogP contribution is 2.34. The van der Waals surface area contributed by atoms with E-state index in [1.165, 1.54) is 12.1 Å². The lowest BCUT2D eigenvalue weighted by Crippen LogP contribution is -1.95. The summed E-state index contributed by atoms with van der Waals surface area (Å²) in [6, 6.07) is 11.7. The second-order valence-electron chi connectivity index (χ2n) is 3.58. The van der Waals surface area contributed by atoms with E-state index < -0.39 is 0 Å². The third-order valence-electron chi connectivity index (χ3n) is 2.40. The number of halogens is 4. The highest BCUT2D eigenvalue weighted by atomic mass is 79.9. The van der Waals surface area contributed by atoms with Crippen LogP contribution in [0.3, 0.4) is 0 Å². The van der Waals surface area contributed by atoms with Gasteiger partial charge in [-0.05, 0) is 35.4 Å². The Balaban J connectivity index is 2.36. The zero-order valence-corrected chi connectivity index (χ0v) is 11.7. The van der Waals surface area contributed by atoms with Crippen LogP contribution in [-0.2, 0) is 0 Å². The van der Waals surface area contributed by atoms with E-state index >= 15 is 0 Å². The number of hydrogen-bond donors (Lipinski definition) is 0. The molecule has 0 N–H and O–H groups in total. The second-order valence-corrected chi connectivity index (χ2v) is 5.31. The Morgan fingerprint density at radius 3 is 2.29 bits per heavy atom. The summed E-state index contributed by atoms with van der Waals surface area (Å²) in [5.74, 6) is -0.291. The van der Waals surface area contributed by atoms with Crippen LogP contribution in [0.2, 0.25) is 5.02 Å². The predicted molar refractivity (Wildman–Crippen MR) is 73.2 cm³/mol. The molecule has 0 spiro atoms. The standard InChI is InChI=1S/C13H8BrCl2F/c14-12-7-10(17)5-6-11(12)13(16)8-1-3-9(15)4-2-8/h1-7,13H. The summed E-state index contributed by atoms with van der Waals surface area (Å²) in [4.78, 5) is 0. The molecule has 2 aromatic carbocycles. The molecule has 0 aliphatic carbocycles. The maximum absolute atomic E-state index is 13.0. The minimum absolute atomic E-state index is 0.291. The number of benzene rings is 2. The molecule has 1 unspecified atom stereocenters. The van der Waals surface area contributed by atoms with Gasteiger partial charge in [0.15, 0.2) is 0 Å². The van der Waals surface area contributed by atoms with Crippen molar-refractivity contribution < 1.29 is 4.39 Å². The maximum Gasteiger partial charge on any atom is 0.124 e. The van der Waals surface area contributed by atoms with Crippen LogP contribution in [-0.4, -0.2) is 0 Å². The van der Waals surface area contributed by atoms with E-state index in [-0.39, 0.29) is 11.2 Å². The van der Waals surface area contributed by atoms with E-state index in [2.05, 4.69) is 15.9 Å². The highest BCUT2D eigenvalue weighted by Gasteiger charge is 2.14. The fourth-order valence-electron chi connectivity index (χ4n) is 1.52. The average Bonchev–Trinajstić information content (AvgIpc) is 2.29. The largest absolute Gasteiger partial charge is 0.207 e. The summed E-state index contributed by atoms with van der Waals surface area (Å²) in [5, 5.41) is 0.332. The van der Waals surface area contributed by atoms with Crippen molar-refractivity contribution in [3.63, 3.8) is 0 Å². The van der Waals surface area contributed by atoms with Gasteiger partial charge in [0.05, 0.1) is 5.38 Å². The van der Waals surface area contributed by atoms with Crippen LogP contribution in [0, 0.1) is 5.82 Å². The molecule has 0 saturated carbocycles. The summed E-state index contributed by atoms with van der Waals surface area (Å²) in [5.41, 5.74) is 1.75. The van der Waals surface area contributed by atoms with Crippen LogP contribution in [0.15, 0.2) is 46.9 Å². The molecule has 0 radical (unpaired) electrons. The molecule has 88 valence electrons. The maximum atomic E-state index is 13.0. The van der Waals surface area contributed by atoms with Gasteiger partial charge >= 0.3 is 0 Å². The lowest BCUT2D eigenvalue weighted by molar-refractivity contribution is 0.626. The Kier molecular flexibility index (Phi) is 4.08. The third kappa shape index (κ3) is 3.01. The molecule has 0 nitrogen and oxygen atoms in total. The van der Waals surface area contributed by atoms with Crippen molar-refractivity contribution in [1.82, 2.24) is 0 Å². The first-order valence-corrected chi connectivity index (χ1v) is 6.53. The number of rotatable bonds is 2. The first kappa shape index (κ1) is 12.9. The molecule has 0 amide bonds. The van der Waals surface area contributed by atoms with Crippen molar-refractivity contribution in [1.29, 1.82) is 0 Å². The van der Waals surface area contributed by atoms with Crippen molar-refractivity contribution in [2.75, 3.05) is 0 Å². The zero-order chi connectivity index (χ0) is 12.4. The summed E-state index contributed by atoms with van der Waals surface area (Å²) < 4.78 is 13.6. The van der Waals surface area contributed by atoms with Gasteiger partial charge in [0, 0.05) is 9.50 Å². The van der Waals surface area contributed by atoms with Crippen LogP contribution in [0.1, 0.15) is 16.5 Å². The normalized spacial score (nSPS) is 12.5. The van der Waals surface area contributed by atoms with Gasteiger partial charge in [-0.15, -0.1) is 11.6 Å². The predicted octanol–water partition coefficient (Wildman–Crippen LogP) is 5.57. The van der Waals surface area contributed by atoms with E-state index in [1.807, 2.05) is 12.1 Å². The molecule has 2 aromatic rings. The van der Waals surface area contributed by atoms with Crippen molar-refractivity contribution >= 4 is 39.1 Å². The molecule has 0 aliphatic heterocycles. The van der Waals surface area contributed by atoms with Gasteiger partial charge < -0.3 is 0 Å². The van der Waals surface area contributed by atoms with Crippen LogP contribution >= 0.6 is 39.1 Å². The first-order chi connectivity index (χ1) is 8.08. The quantitative estimate of drug-likeness (QED) is 0.630. The Labute approximate surface area is 117 Å². The molecule has 1 atom stereocenters. The molecule has 0 saturated heterocycles. The SMILES string of the molecule is Fc1ccc(C(Cl)c2ccc(Cl)cc2)c(Br)c1. The van der Waals surface area contributed by atoms with Gasteiger partial charge in [-0.25, -0.2) is 4.39 Å². The summed E-state index contributed by atoms with van der Waals surface area (Å²) >= 11 is 15.5. The summed E-state index contributed by atoms with van der Waals surface area (Å²) in [7, 11) is 0. The highest BCUT2D eigenvalue weighted by molar-refractivity contribution is 9.10. The van der Waals surface area contributed by atoms with Crippen molar-refractivity contribution in [3.05, 3.63) is 68.9 Å². The second kappa shape index (κ2) is 5.38. The number of hydrogen-bond acceptors (Lipinski definition) is 0. The first-order valence-electron chi connectivity index (χ1n) is 4.92. The monoisotopic (exact) mass is 332 g/mol. The zero-order valence-electron chi connectivity index (χ0n) is 8.63. The summed E-state index contributed by atoms with van der Waals surface area (Å²) in [6.45, 7) is 0. The van der Waals surface area contributed by atoms with Gasteiger partial charge in [0.2, 0.25) is 0 Å². The molecule has 0 aliphatic rings. The molecular weight excluding hydrogens is 326 g/mol. The fourth-order valence-corrected chi connectivity index (χ4v) is 2.69. The van der Waals surface area contributed by atoms with Crippen molar-refractivity contribution in [2.45, 2.75) is 5.38 Å². The smallest absolute Gasteiger partial charge is 0.124 e. The Bertz CT molecular complexity index is 525. The molecule has 0 aromatic heterocycles. The van der Waals surface area contributed by atoms with E-state index in [0.29, 0.717) is 9.50 Å². The Hall–Kier alpha value is -0.570. The molecule has 4 heteroatoms. The van der Waals surface area contributed by atoms with E-state index in [9.17, 15) is 4.39 Å². The van der Waals surface area contributed by atoms with Crippen LogP contribution in [0.4, 0.5) is 4.39 Å². The minimum atomic E-state index is -0.331. The van der Waals surface area contributed by atoms with Crippen LogP contribution in [0.5, 0.6) is 0 Å². The van der Waals surface area contributed by atoms with Crippen molar-refractivity contribution in [3.8, 4) is 0 Å². The molecular formula is C13H8BrCl2F. The molecule has 17 heavy (non-hydrogen) atoms. The molecule has 2 rings (SSSR count). The Morgan fingerprint density at radius 2 is 1.71 bits per heavy atom. The third-order valence-corrected chi connectivity index (χ3v) is 3.82. The van der Waals surface area contributed by atoms with E-state index in [1.54, 1.807) is 18.2 Å². The van der Waals surface area contributed by atoms with Crippen molar-refractivity contribution in [2.24, 2.45) is 0 Å². The number of alkyl halides is 1. The lowest BCUT2D eigenvalue weighted by Gasteiger charge is -2.12. The van der Waals surface area contributed by atoms with Gasteiger partial charge in [0.25, 0.3) is 0 Å². The molecule has 0 bridgehead atoms. The van der Waals surface area contributed by atoms with Gasteiger partial charge in [-0.3, -0.25) is 0 Å². The molecule has 0 heterocycles. The minimum Gasteiger partial charge on any atom is -0.207 e. The van der Waals surface area contributed by atoms with Crippen LogP contribution < -0.4 is 0 Å². The average molecular weight is 334 g/mol. The fraction of sp³-hybridized carbons (Fsp3) is 0.0769. The van der Waals surface area contributed by atoms with Gasteiger partial charge in [-0.1, -0.05) is 45.7 Å². The van der Waals surface area contributed by atoms with Gasteiger partial charge in [0.1, 0.15) is 5.82 Å². The van der Waals surface area contributed by atoms with Crippen LogP contribution in [0.25, 0.3) is 0 Å². The topological polar surface area (TPSA) is 0 Å². The van der Waals surface area contributed by atoms with E-state index in [0.717, 1.165) is 11.1 Å².